The number of rotatable bonds is 11. The van der Waals surface area contributed by atoms with Gasteiger partial charge in [-0.2, -0.15) is 21.9 Å². The molecular weight excluding hydrogens is 734 g/mol. The third-order valence-corrected chi connectivity index (χ3v) is 14.2. The third-order valence-electron chi connectivity index (χ3n) is 6.75. The van der Waals surface area contributed by atoms with Gasteiger partial charge in [0.15, 0.2) is 5.82 Å². The maximum atomic E-state index is 14.5. The molecule has 5 rings (SSSR count). The zero-order chi connectivity index (χ0) is 34.3. The van der Waals surface area contributed by atoms with Crippen molar-refractivity contribution in [3.63, 3.8) is 0 Å². The summed E-state index contributed by atoms with van der Waals surface area (Å²) in [5, 5.41) is 6.92. The van der Waals surface area contributed by atoms with E-state index in [-0.39, 0.29) is 47.7 Å². The van der Waals surface area contributed by atoms with Crippen molar-refractivity contribution in [3.05, 3.63) is 92.1 Å². The van der Waals surface area contributed by atoms with Crippen LogP contribution in [0.3, 0.4) is 0 Å². The zero-order valence-corrected chi connectivity index (χ0v) is 29.9. The lowest BCUT2D eigenvalue weighted by atomic mass is 9.92. The third kappa shape index (κ3) is 7.65. The summed E-state index contributed by atoms with van der Waals surface area (Å²) in [7, 11) is -9.95. The number of fused-ring (bicyclic) bond motifs is 1. The smallest absolute Gasteiger partial charge is 0.288 e. The van der Waals surface area contributed by atoms with Crippen LogP contribution in [0.25, 0.3) is 10.9 Å². The lowest BCUT2D eigenvalue weighted by Crippen LogP contribution is -2.37. The predicted octanol–water partition coefficient (Wildman–Crippen LogP) is 8.09. The molecule has 0 spiro atoms. The summed E-state index contributed by atoms with van der Waals surface area (Å²) in [4.78, 5) is 12.4. The van der Waals surface area contributed by atoms with Crippen LogP contribution in [0.1, 0.15) is 50.3 Å². The Bertz CT molecular complexity index is 2100. The fraction of sp³-hybridized carbons (Fsp3) is 0.267. The maximum Gasteiger partial charge on any atom is 0.288 e. The van der Waals surface area contributed by atoms with E-state index in [0.29, 0.717) is 34.7 Å². The average molecular weight is 762 g/mol. The summed E-state index contributed by atoms with van der Waals surface area (Å²) in [5.74, 6) is -0.845. The van der Waals surface area contributed by atoms with Crippen molar-refractivity contribution in [1.82, 2.24) is 15.1 Å². The molecule has 0 aliphatic rings. The van der Waals surface area contributed by atoms with Gasteiger partial charge in [0.2, 0.25) is 5.91 Å². The number of halogens is 4. The summed E-state index contributed by atoms with van der Waals surface area (Å²) < 4.78 is 86.1. The van der Waals surface area contributed by atoms with Crippen LogP contribution in [0.5, 0.6) is 0 Å². The molecule has 0 atom stereocenters. The maximum absolute atomic E-state index is 14.5. The Morgan fingerprint density at radius 2 is 1.49 bits per heavy atom. The number of aromatic nitrogens is 2. The Balaban J connectivity index is 1.65. The van der Waals surface area contributed by atoms with Crippen molar-refractivity contribution in [2.45, 2.75) is 55.1 Å². The molecular formula is C30H28Cl2F2N4O5S4. The van der Waals surface area contributed by atoms with Crippen molar-refractivity contribution in [2.24, 2.45) is 5.41 Å². The molecule has 0 radical (unpaired) electrons. The SMILES string of the molecule is CC(C)(C)CC(=O)NCc1cccc(Cn2nc(N(S(=O)(=O)c3ccc(Cl)s3)S(=O)(=O)c3ccc(Cl)s3)c3c(C(F)F)cccc32)c1. The molecule has 0 saturated heterocycles. The van der Waals surface area contributed by atoms with E-state index < -0.39 is 46.3 Å². The number of anilines is 1. The quantitative estimate of drug-likeness (QED) is 0.145. The molecule has 0 aliphatic carbocycles. The van der Waals surface area contributed by atoms with Gasteiger partial charge >= 0.3 is 0 Å². The lowest BCUT2D eigenvalue weighted by Gasteiger charge is -2.21. The minimum atomic E-state index is -4.98. The molecule has 47 heavy (non-hydrogen) atoms. The van der Waals surface area contributed by atoms with Crippen LogP contribution in [-0.4, -0.2) is 32.5 Å². The van der Waals surface area contributed by atoms with Crippen molar-refractivity contribution >= 4 is 88.6 Å². The van der Waals surface area contributed by atoms with Gasteiger partial charge in [0.25, 0.3) is 26.5 Å². The first-order chi connectivity index (χ1) is 22.0. The topological polar surface area (TPSA) is 118 Å². The van der Waals surface area contributed by atoms with Gasteiger partial charge in [-0.25, -0.2) is 8.78 Å². The molecule has 1 amide bonds. The number of nitrogens with one attached hydrogen (secondary N) is 1. The predicted molar refractivity (Wildman–Crippen MR) is 182 cm³/mol. The van der Waals surface area contributed by atoms with Crippen LogP contribution in [0, 0.1) is 5.41 Å². The number of benzene rings is 2. The molecule has 0 bridgehead atoms. The van der Waals surface area contributed by atoms with Gasteiger partial charge in [-0.1, -0.05) is 80.4 Å². The van der Waals surface area contributed by atoms with Crippen LogP contribution in [0.15, 0.2) is 75.1 Å². The second kappa shape index (κ2) is 13.4. The molecule has 3 aromatic heterocycles. The van der Waals surface area contributed by atoms with Gasteiger partial charge in [0, 0.05) is 18.5 Å². The van der Waals surface area contributed by atoms with E-state index in [0.717, 1.165) is 23.8 Å². The first-order valence-corrected chi connectivity index (χ1v) is 19.2. The minimum Gasteiger partial charge on any atom is -0.352 e. The van der Waals surface area contributed by atoms with E-state index in [1.165, 1.54) is 28.9 Å². The molecule has 2 aromatic carbocycles. The standard InChI is InChI=1S/C30H28Cl2F2N4O5S4/c1-30(2,3)15-24(39)35-16-18-6-4-7-19(14-18)17-37-21-9-5-8-20(28(33)34)27(21)29(36-37)38(46(40,41)25-12-10-22(31)44-25)47(42,43)26-13-11-23(32)45-26/h4-14,28H,15-17H2,1-3H3,(H,35,39). The summed E-state index contributed by atoms with van der Waals surface area (Å²) in [6, 6.07) is 15.8. The minimum absolute atomic E-state index is 0.0451. The molecule has 1 N–H and O–H groups in total. The van der Waals surface area contributed by atoms with E-state index in [1.807, 2.05) is 26.8 Å². The summed E-state index contributed by atoms with van der Waals surface area (Å²) in [6.07, 6.45) is -2.77. The number of alkyl halides is 2. The number of sulfonamides is 2. The van der Waals surface area contributed by atoms with Gasteiger partial charge in [-0.3, -0.25) is 9.48 Å². The van der Waals surface area contributed by atoms with Crippen LogP contribution >= 0.6 is 45.9 Å². The monoisotopic (exact) mass is 760 g/mol. The van der Waals surface area contributed by atoms with E-state index in [4.69, 9.17) is 23.2 Å². The van der Waals surface area contributed by atoms with Crippen molar-refractivity contribution < 1.29 is 30.4 Å². The lowest BCUT2D eigenvalue weighted by molar-refractivity contribution is -0.122. The highest BCUT2D eigenvalue weighted by Crippen LogP contribution is 2.42. The second-order valence-electron chi connectivity index (χ2n) is 11.7. The zero-order valence-electron chi connectivity index (χ0n) is 25.1. The Hall–Kier alpha value is -3.08. The average Bonchev–Trinajstić information content (AvgIpc) is 3.71. The summed E-state index contributed by atoms with van der Waals surface area (Å²) in [5.41, 5.74) is 0.666. The molecule has 0 saturated carbocycles. The highest BCUT2D eigenvalue weighted by molar-refractivity contribution is 8.11. The Morgan fingerprint density at radius 3 is 2.02 bits per heavy atom. The van der Waals surface area contributed by atoms with E-state index in [2.05, 4.69) is 10.4 Å². The van der Waals surface area contributed by atoms with Crippen molar-refractivity contribution in [1.29, 1.82) is 0 Å². The van der Waals surface area contributed by atoms with E-state index in [9.17, 15) is 30.4 Å². The second-order valence-corrected chi connectivity index (χ2v) is 19.4. The first-order valence-electron chi connectivity index (χ1n) is 13.9. The Morgan fingerprint density at radius 1 is 0.915 bits per heavy atom. The van der Waals surface area contributed by atoms with Gasteiger partial charge in [0.1, 0.15) is 8.42 Å². The molecule has 0 fully saturated rings. The van der Waals surface area contributed by atoms with Gasteiger partial charge in [0.05, 0.1) is 26.1 Å². The van der Waals surface area contributed by atoms with E-state index >= 15 is 0 Å². The molecule has 3 heterocycles. The molecule has 0 unspecified atom stereocenters. The fourth-order valence-corrected chi connectivity index (χ4v) is 11.8. The van der Waals surface area contributed by atoms with Crippen LogP contribution in [0.2, 0.25) is 8.67 Å². The van der Waals surface area contributed by atoms with Crippen LogP contribution < -0.4 is 9.03 Å². The highest BCUT2D eigenvalue weighted by atomic mass is 35.5. The largest absolute Gasteiger partial charge is 0.352 e. The molecule has 17 heteroatoms. The Kier molecular flexibility index (Phi) is 10.1. The molecule has 0 aliphatic heterocycles. The molecule has 250 valence electrons. The van der Waals surface area contributed by atoms with Crippen molar-refractivity contribution in [3.8, 4) is 0 Å². The summed E-state index contributed by atoms with van der Waals surface area (Å²) >= 11 is 13.2. The number of carbonyl (C=O) groups excluding carboxylic acids is 1. The van der Waals surface area contributed by atoms with Gasteiger partial charge in [-0.05, 0) is 46.9 Å². The van der Waals surface area contributed by atoms with Gasteiger partial charge < -0.3 is 5.32 Å². The van der Waals surface area contributed by atoms with Crippen LogP contribution in [-0.2, 0) is 37.9 Å². The number of hydrogen-bond donors (Lipinski definition) is 1. The number of hydrogen-bond acceptors (Lipinski definition) is 8. The number of amides is 1. The Labute approximate surface area is 288 Å². The van der Waals surface area contributed by atoms with E-state index in [1.54, 1.807) is 18.2 Å². The fourth-order valence-electron chi connectivity index (χ4n) is 4.81. The summed E-state index contributed by atoms with van der Waals surface area (Å²) in [6.45, 7) is 6.06. The highest BCUT2D eigenvalue weighted by Gasteiger charge is 2.42. The normalized spacial score (nSPS) is 12.6. The molecule has 5 aromatic rings. The number of carbonyl (C=O) groups is 1. The van der Waals surface area contributed by atoms with Gasteiger partial charge in [-0.15, -0.1) is 26.4 Å². The molecule has 9 nitrogen and oxygen atoms in total. The van der Waals surface area contributed by atoms with Crippen LogP contribution in [0.4, 0.5) is 14.6 Å². The number of thiophene rings is 2. The first kappa shape index (κ1) is 35.2. The number of nitrogens with zero attached hydrogens (tertiary/aromatic N) is 3. The van der Waals surface area contributed by atoms with Crippen molar-refractivity contribution in [2.75, 3.05) is 3.71 Å².